The van der Waals surface area contributed by atoms with Crippen LogP contribution in [0, 0.1) is 0 Å². The molecule has 3 N–H and O–H groups in total. The van der Waals surface area contributed by atoms with Crippen molar-refractivity contribution < 1.29 is 18.0 Å². The summed E-state index contributed by atoms with van der Waals surface area (Å²) in [4.78, 5) is 16.3. The van der Waals surface area contributed by atoms with Gasteiger partial charge >= 0.3 is 6.18 Å². The predicted molar refractivity (Wildman–Crippen MR) is 86.9 cm³/mol. The number of carbonyl (C=O) groups excluding carboxylic acids is 1. The molecule has 0 fully saturated rings. The van der Waals surface area contributed by atoms with Gasteiger partial charge in [-0.2, -0.15) is 13.2 Å². The van der Waals surface area contributed by atoms with Crippen LogP contribution in [-0.4, -0.2) is 23.5 Å². The highest BCUT2D eigenvalue weighted by Crippen LogP contribution is 2.29. The summed E-state index contributed by atoms with van der Waals surface area (Å²) in [5.41, 5.74) is 5.82. The Morgan fingerprint density at radius 2 is 2.00 bits per heavy atom. The number of halogens is 3. The van der Waals surface area contributed by atoms with Crippen LogP contribution in [0.1, 0.15) is 33.5 Å². The minimum Gasteiger partial charge on any atom is -0.348 e. The Kier molecular flexibility index (Phi) is 5.95. The Labute approximate surface area is 141 Å². The number of thiazole rings is 1. The van der Waals surface area contributed by atoms with E-state index in [0.29, 0.717) is 25.1 Å². The van der Waals surface area contributed by atoms with Gasteiger partial charge in [-0.25, -0.2) is 4.98 Å². The molecule has 0 radical (unpaired) electrons. The topological polar surface area (TPSA) is 68.0 Å². The first-order valence-electron chi connectivity index (χ1n) is 7.41. The second-order valence-electron chi connectivity index (χ2n) is 5.44. The smallest absolute Gasteiger partial charge is 0.348 e. The van der Waals surface area contributed by atoms with Gasteiger partial charge in [0.25, 0.3) is 5.91 Å². The summed E-state index contributed by atoms with van der Waals surface area (Å²) in [6.07, 6.45) is -3.28. The molecular weight excluding hydrogens is 339 g/mol. The van der Waals surface area contributed by atoms with Crippen LogP contribution in [0.5, 0.6) is 0 Å². The van der Waals surface area contributed by atoms with E-state index < -0.39 is 11.7 Å². The molecule has 0 saturated heterocycles. The van der Waals surface area contributed by atoms with E-state index in [-0.39, 0.29) is 11.9 Å². The SMILES string of the molecule is CC(Cc1ccc(C(F)(F)F)cc1)NC(=O)c1csc(CCN)n1. The lowest BCUT2D eigenvalue weighted by Gasteiger charge is -2.14. The van der Waals surface area contributed by atoms with Crippen molar-refractivity contribution in [1.29, 1.82) is 0 Å². The third-order valence-corrected chi connectivity index (χ3v) is 4.25. The number of carbonyl (C=O) groups is 1. The summed E-state index contributed by atoms with van der Waals surface area (Å²) in [6, 6.07) is 4.71. The summed E-state index contributed by atoms with van der Waals surface area (Å²) in [5, 5.41) is 5.27. The normalized spacial score (nSPS) is 12.9. The zero-order chi connectivity index (χ0) is 17.7. The van der Waals surface area contributed by atoms with Gasteiger partial charge in [-0.15, -0.1) is 11.3 Å². The first kappa shape index (κ1) is 18.4. The molecule has 24 heavy (non-hydrogen) atoms. The summed E-state index contributed by atoms with van der Waals surface area (Å²) in [6.45, 7) is 2.27. The molecule has 0 bridgehead atoms. The van der Waals surface area contributed by atoms with E-state index in [4.69, 9.17) is 5.73 Å². The van der Waals surface area contributed by atoms with Crippen LogP contribution < -0.4 is 11.1 Å². The van der Waals surface area contributed by atoms with E-state index in [1.165, 1.54) is 23.5 Å². The number of nitrogens with one attached hydrogen (secondary N) is 1. The van der Waals surface area contributed by atoms with Gasteiger partial charge in [0.2, 0.25) is 0 Å². The van der Waals surface area contributed by atoms with E-state index >= 15 is 0 Å². The maximum absolute atomic E-state index is 12.5. The van der Waals surface area contributed by atoms with Crippen molar-refractivity contribution in [3.8, 4) is 0 Å². The van der Waals surface area contributed by atoms with E-state index in [9.17, 15) is 18.0 Å². The van der Waals surface area contributed by atoms with Crippen molar-refractivity contribution in [2.45, 2.75) is 32.0 Å². The van der Waals surface area contributed by atoms with Crippen LogP contribution in [0.2, 0.25) is 0 Å². The van der Waals surface area contributed by atoms with Crippen molar-refractivity contribution in [1.82, 2.24) is 10.3 Å². The molecule has 2 aromatic rings. The highest BCUT2D eigenvalue weighted by atomic mass is 32.1. The molecule has 0 aliphatic rings. The number of amides is 1. The molecule has 0 saturated carbocycles. The van der Waals surface area contributed by atoms with Crippen molar-refractivity contribution in [2.24, 2.45) is 5.73 Å². The molecular formula is C16H18F3N3OS. The fraction of sp³-hybridized carbons (Fsp3) is 0.375. The molecule has 1 aromatic heterocycles. The second-order valence-corrected chi connectivity index (χ2v) is 6.38. The van der Waals surface area contributed by atoms with Crippen LogP contribution in [0.25, 0.3) is 0 Å². The van der Waals surface area contributed by atoms with Gasteiger partial charge in [-0.3, -0.25) is 4.79 Å². The minimum atomic E-state index is -4.34. The maximum atomic E-state index is 12.5. The van der Waals surface area contributed by atoms with Crippen molar-refractivity contribution in [2.75, 3.05) is 6.54 Å². The first-order chi connectivity index (χ1) is 11.3. The Morgan fingerprint density at radius 3 is 2.58 bits per heavy atom. The number of hydrogen-bond donors (Lipinski definition) is 2. The van der Waals surface area contributed by atoms with Gasteiger partial charge in [-0.1, -0.05) is 12.1 Å². The van der Waals surface area contributed by atoms with E-state index in [1.807, 2.05) is 0 Å². The number of nitrogens with two attached hydrogens (primary N) is 1. The van der Waals surface area contributed by atoms with Crippen molar-refractivity contribution in [3.63, 3.8) is 0 Å². The van der Waals surface area contributed by atoms with Gasteiger partial charge in [0.1, 0.15) is 5.69 Å². The first-order valence-corrected chi connectivity index (χ1v) is 8.29. The van der Waals surface area contributed by atoms with Crippen LogP contribution in [0.15, 0.2) is 29.6 Å². The molecule has 1 amide bonds. The number of benzene rings is 1. The van der Waals surface area contributed by atoms with Gasteiger partial charge in [0.15, 0.2) is 0 Å². The monoisotopic (exact) mass is 357 g/mol. The van der Waals surface area contributed by atoms with Gasteiger partial charge < -0.3 is 11.1 Å². The van der Waals surface area contributed by atoms with E-state index in [2.05, 4.69) is 10.3 Å². The number of hydrogen-bond acceptors (Lipinski definition) is 4. The Bertz CT molecular complexity index is 683. The maximum Gasteiger partial charge on any atom is 0.416 e. The summed E-state index contributed by atoms with van der Waals surface area (Å²) < 4.78 is 37.6. The number of nitrogens with zero attached hydrogens (tertiary/aromatic N) is 1. The third kappa shape index (κ3) is 5.04. The number of rotatable bonds is 6. The van der Waals surface area contributed by atoms with Crippen LogP contribution in [-0.2, 0) is 19.0 Å². The lowest BCUT2D eigenvalue weighted by molar-refractivity contribution is -0.137. The molecule has 8 heteroatoms. The third-order valence-electron chi connectivity index (χ3n) is 3.34. The van der Waals surface area contributed by atoms with Crippen LogP contribution in [0.4, 0.5) is 13.2 Å². The largest absolute Gasteiger partial charge is 0.416 e. The van der Waals surface area contributed by atoms with E-state index in [0.717, 1.165) is 22.7 Å². The Hall–Kier alpha value is -1.93. The highest BCUT2D eigenvalue weighted by Gasteiger charge is 2.29. The van der Waals surface area contributed by atoms with Crippen molar-refractivity contribution in [3.05, 3.63) is 51.5 Å². The molecule has 2 rings (SSSR count). The fourth-order valence-corrected chi connectivity index (χ4v) is 2.98. The minimum absolute atomic E-state index is 0.228. The average molecular weight is 357 g/mol. The Morgan fingerprint density at radius 1 is 1.33 bits per heavy atom. The summed E-state index contributed by atoms with van der Waals surface area (Å²) >= 11 is 1.38. The second kappa shape index (κ2) is 7.76. The lowest BCUT2D eigenvalue weighted by Crippen LogP contribution is -2.34. The Balaban J connectivity index is 1.92. The predicted octanol–water partition coefficient (Wildman–Crippen LogP) is 3.02. The molecule has 1 aromatic carbocycles. The molecule has 4 nitrogen and oxygen atoms in total. The molecule has 0 spiro atoms. The zero-order valence-corrected chi connectivity index (χ0v) is 13.9. The van der Waals surface area contributed by atoms with E-state index in [1.54, 1.807) is 12.3 Å². The van der Waals surface area contributed by atoms with Gasteiger partial charge in [0, 0.05) is 17.8 Å². The van der Waals surface area contributed by atoms with Crippen LogP contribution in [0.3, 0.4) is 0 Å². The number of aromatic nitrogens is 1. The standard InChI is InChI=1S/C16H18F3N3OS/c1-10(8-11-2-4-12(5-3-11)16(17,18)19)21-15(23)13-9-24-14(22-13)6-7-20/h2-5,9-10H,6-8,20H2,1H3,(H,21,23). The summed E-state index contributed by atoms with van der Waals surface area (Å²) in [5.74, 6) is -0.297. The molecule has 1 atom stereocenters. The van der Waals surface area contributed by atoms with Crippen molar-refractivity contribution >= 4 is 17.2 Å². The fourth-order valence-electron chi connectivity index (χ4n) is 2.19. The summed E-state index contributed by atoms with van der Waals surface area (Å²) in [7, 11) is 0. The zero-order valence-electron chi connectivity index (χ0n) is 13.1. The molecule has 1 heterocycles. The molecule has 1 unspecified atom stereocenters. The van der Waals surface area contributed by atoms with Crippen LogP contribution >= 0.6 is 11.3 Å². The molecule has 130 valence electrons. The average Bonchev–Trinajstić information content (AvgIpc) is 2.96. The quantitative estimate of drug-likeness (QED) is 0.835. The van der Waals surface area contributed by atoms with Gasteiger partial charge in [0.05, 0.1) is 10.6 Å². The molecule has 0 aliphatic carbocycles. The lowest BCUT2D eigenvalue weighted by atomic mass is 10.0. The molecule has 0 aliphatic heterocycles. The van der Waals surface area contributed by atoms with Gasteiger partial charge in [-0.05, 0) is 37.6 Å². The number of alkyl halides is 3. The highest BCUT2D eigenvalue weighted by molar-refractivity contribution is 7.09.